The molecule has 0 aromatic carbocycles. The van der Waals surface area contributed by atoms with Crippen LogP contribution < -0.4 is 4.74 Å². The van der Waals surface area contributed by atoms with E-state index in [2.05, 4.69) is 46.7 Å². The number of pyridine rings is 1. The Morgan fingerprint density at radius 3 is 3.11 bits per heavy atom. The van der Waals surface area contributed by atoms with Gasteiger partial charge in [0.15, 0.2) is 0 Å². The molecule has 6 heteroatoms. The lowest BCUT2D eigenvalue weighted by molar-refractivity contribution is 0.272. The predicted molar refractivity (Wildman–Crippen MR) is 76.1 cm³/mol. The minimum atomic E-state index is 0.384. The predicted octanol–water partition coefficient (Wildman–Crippen LogP) is 2.91. The van der Waals surface area contributed by atoms with E-state index in [-0.39, 0.29) is 0 Å². The van der Waals surface area contributed by atoms with Crippen LogP contribution >= 0.6 is 28.6 Å². The van der Waals surface area contributed by atoms with E-state index in [9.17, 15) is 0 Å². The summed E-state index contributed by atoms with van der Waals surface area (Å²) in [5.41, 5.74) is 1.30. The van der Waals surface area contributed by atoms with Crippen molar-refractivity contribution in [2.45, 2.75) is 6.92 Å². The van der Waals surface area contributed by atoms with Gasteiger partial charge >= 0.3 is 0 Å². The van der Waals surface area contributed by atoms with Gasteiger partial charge in [0.1, 0.15) is 11.8 Å². The highest BCUT2D eigenvalue weighted by Gasteiger charge is 2.10. The summed E-state index contributed by atoms with van der Waals surface area (Å²) >= 11 is 7.65. The smallest absolute Gasteiger partial charge is 0.138 e. The van der Waals surface area contributed by atoms with Gasteiger partial charge < -0.3 is 4.74 Å². The van der Waals surface area contributed by atoms with Gasteiger partial charge in [0, 0.05) is 4.47 Å². The maximum absolute atomic E-state index is 8.96. The molecule has 2 aromatic heterocycles. The average Bonchev–Trinajstić information content (AvgIpc) is 2.79. The van der Waals surface area contributed by atoms with Gasteiger partial charge in [-0.05, 0) is 33.7 Å². The molecule has 2 aromatic rings. The molecule has 0 bridgehead atoms. The Kier molecular flexibility index (Phi) is 4.15. The summed E-state index contributed by atoms with van der Waals surface area (Å²) < 4.78 is 8.11. The molecule has 1 unspecified atom stereocenters. The number of hydrogen-bond donors (Lipinski definition) is 1. The van der Waals surface area contributed by atoms with Crippen molar-refractivity contribution in [3.63, 3.8) is 0 Å². The maximum atomic E-state index is 8.96. The molecule has 0 aliphatic rings. The van der Waals surface area contributed by atoms with Gasteiger partial charge in [0.25, 0.3) is 0 Å². The van der Waals surface area contributed by atoms with Crippen molar-refractivity contribution in [1.82, 2.24) is 9.61 Å². The first-order chi connectivity index (χ1) is 8.65. The Hall–Kier alpha value is -1.19. The Bertz CT molecular complexity index is 605. The molecule has 0 amide bonds. The summed E-state index contributed by atoms with van der Waals surface area (Å²) in [5, 5.41) is 13.1. The molecule has 0 aliphatic heterocycles. The second kappa shape index (κ2) is 5.63. The minimum absolute atomic E-state index is 0.384. The van der Waals surface area contributed by atoms with E-state index >= 15 is 0 Å². The Morgan fingerprint density at radius 2 is 2.44 bits per heavy atom. The number of hydrogen-bond acceptors (Lipinski definition) is 4. The Labute approximate surface area is 119 Å². The van der Waals surface area contributed by atoms with Crippen molar-refractivity contribution in [3.05, 3.63) is 28.5 Å². The molecule has 0 spiro atoms. The number of nitrogens with zero attached hydrogens (tertiary/aromatic N) is 3. The molecule has 1 atom stereocenters. The highest BCUT2D eigenvalue weighted by Crippen LogP contribution is 2.26. The fraction of sp³-hybridized carbons (Fsp3) is 0.333. The summed E-state index contributed by atoms with van der Waals surface area (Å²) in [6, 6.07) is 3.96. The Balaban J connectivity index is 2.30. The highest BCUT2D eigenvalue weighted by atomic mass is 79.9. The van der Waals surface area contributed by atoms with E-state index in [0.717, 1.165) is 21.5 Å². The number of aromatic nitrogens is 2. The van der Waals surface area contributed by atoms with Gasteiger partial charge in [-0.3, -0.25) is 0 Å². The molecule has 94 valence electrons. The number of thiol groups is 1. The lowest BCUT2D eigenvalue weighted by atomic mass is 10.2. The van der Waals surface area contributed by atoms with Gasteiger partial charge in [-0.2, -0.15) is 23.0 Å². The molecule has 0 N–H and O–H groups in total. The van der Waals surface area contributed by atoms with Crippen molar-refractivity contribution in [1.29, 1.82) is 5.26 Å². The summed E-state index contributed by atoms with van der Waals surface area (Å²) in [5.74, 6) is 1.88. The largest absolute Gasteiger partial charge is 0.492 e. The molecule has 18 heavy (non-hydrogen) atoms. The molecule has 0 aliphatic carbocycles. The van der Waals surface area contributed by atoms with Crippen LogP contribution in [0.15, 0.2) is 22.9 Å². The number of fused-ring (bicyclic) bond motifs is 1. The van der Waals surface area contributed by atoms with Crippen LogP contribution in [0.3, 0.4) is 0 Å². The second-order valence-corrected chi connectivity index (χ2v) is 5.31. The van der Waals surface area contributed by atoms with Crippen LogP contribution in [0.4, 0.5) is 0 Å². The van der Waals surface area contributed by atoms with Crippen LogP contribution in [0.1, 0.15) is 12.5 Å². The first kappa shape index (κ1) is 13.2. The van der Waals surface area contributed by atoms with Crippen LogP contribution in [0.25, 0.3) is 5.52 Å². The van der Waals surface area contributed by atoms with Gasteiger partial charge in [0.2, 0.25) is 0 Å². The second-order valence-electron chi connectivity index (χ2n) is 4.09. The highest BCUT2D eigenvalue weighted by molar-refractivity contribution is 9.10. The first-order valence-electron chi connectivity index (χ1n) is 5.46. The van der Waals surface area contributed by atoms with Gasteiger partial charge in [-0.15, -0.1) is 0 Å². The molecule has 0 fully saturated rings. The van der Waals surface area contributed by atoms with E-state index < -0.39 is 0 Å². The zero-order chi connectivity index (χ0) is 13.1. The SMILES string of the molecule is CC(CS)COc1cc(Br)c2c(C#N)cnn2c1. The molecular formula is C12H12BrN3OS. The van der Waals surface area contributed by atoms with Crippen LogP contribution in [0, 0.1) is 17.2 Å². The van der Waals surface area contributed by atoms with Crippen LogP contribution in [0.2, 0.25) is 0 Å². The molecular weight excluding hydrogens is 314 g/mol. The van der Waals surface area contributed by atoms with Crippen LogP contribution in [0.5, 0.6) is 5.75 Å². The Morgan fingerprint density at radius 1 is 1.67 bits per heavy atom. The third-order valence-corrected chi connectivity index (χ3v) is 3.73. The first-order valence-corrected chi connectivity index (χ1v) is 6.89. The van der Waals surface area contributed by atoms with Gasteiger partial charge in [0.05, 0.1) is 30.1 Å². The van der Waals surface area contributed by atoms with Crippen molar-refractivity contribution in [2.24, 2.45) is 5.92 Å². The maximum Gasteiger partial charge on any atom is 0.138 e. The van der Waals surface area contributed by atoms with Gasteiger partial charge in [-0.1, -0.05) is 6.92 Å². The fourth-order valence-corrected chi connectivity index (χ4v) is 2.23. The van der Waals surface area contributed by atoms with E-state index in [4.69, 9.17) is 10.00 Å². The lowest BCUT2D eigenvalue weighted by Crippen LogP contribution is -2.10. The third kappa shape index (κ3) is 2.62. The van der Waals surface area contributed by atoms with E-state index in [1.165, 1.54) is 0 Å². The van der Waals surface area contributed by atoms with Crippen molar-refractivity contribution in [2.75, 3.05) is 12.4 Å². The summed E-state index contributed by atoms with van der Waals surface area (Å²) in [6.45, 7) is 2.68. The molecule has 0 saturated carbocycles. The molecule has 0 saturated heterocycles. The monoisotopic (exact) mass is 325 g/mol. The third-order valence-electron chi connectivity index (χ3n) is 2.51. The van der Waals surface area contributed by atoms with E-state index in [1.807, 2.05) is 6.07 Å². The number of nitriles is 1. The molecule has 2 rings (SSSR count). The molecule has 2 heterocycles. The average molecular weight is 326 g/mol. The topological polar surface area (TPSA) is 50.3 Å². The zero-order valence-electron chi connectivity index (χ0n) is 9.80. The van der Waals surface area contributed by atoms with Crippen molar-refractivity contribution < 1.29 is 4.74 Å². The molecule has 4 nitrogen and oxygen atoms in total. The van der Waals surface area contributed by atoms with Crippen LogP contribution in [-0.2, 0) is 0 Å². The van der Waals surface area contributed by atoms with Crippen molar-refractivity contribution >= 4 is 34.1 Å². The lowest BCUT2D eigenvalue weighted by Gasteiger charge is -2.11. The zero-order valence-corrected chi connectivity index (χ0v) is 12.3. The van der Waals surface area contributed by atoms with E-state index in [1.54, 1.807) is 16.9 Å². The normalized spacial score (nSPS) is 12.3. The van der Waals surface area contributed by atoms with Crippen LogP contribution in [-0.4, -0.2) is 22.0 Å². The molecule has 0 radical (unpaired) electrons. The van der Waals surface area contributed by atoms with E-state index in [0.29, 0.717) is 18.1 Å². The number of ether oxygens (including phenoxy) is 1. The summed E-state index contributed by atoms with van der Waals surface area (Å²) in [4.78, 5) is 0. The minimum Gasteiger partial charge on any atom is -0.492 e. The van der Waals surface area contributed by atoms with Gasteiger partial charge in [-0.25, -0.2) is 4.52 Å². The number of rotatable bonds is 4. The summed E-state index contributed by atoms with van der Waals surface area (Å²) in [6.07, 6.45) is 3.31. The standard InChI is InChI=1S/C12H12BrN3OS/c1-8(7-18)6-17-10-2-11(13)12-9(3-14)4-15-16(12)5-10/h2,4-5,8,18H,6-7H2,1H3. The quantitative estimate of drug-likeness (QED) is 0.879. The number of halogens is 1. The fourth-order valence-electron chi connectivity index (χ4n) is 1.50. The summed E-state index contributed by atoms with van der Waals surface area (Å²) in [7, 11) is 0. The van der Waals surface area contributed by atoms with Crippen molar-refractivity contribution in [3.8, 4) is 11.8 Å².